The van der Waals surface area contributed by atoms with E-state index in [9.17, 15) is 9.59 Å². The average Bonchev–Trinajstić information content (AvgIpc) is 2.52. The molecular formula is C14H9Cl3N2O3. The Kier molecular flexibility index (Phi) is 5.24. The van der Waals surface area contributed by atoms with Crippen LogP contribution in [0.2, 0.25) is 15.1 Å². The van der Waals surface area contributed by atoms with E-state index in [2.05, 4.69) is 15.0 Å². The smallest absolute Gasteiger partial charge is 0.339 e. The maximum atomic E-state index is 12.2. The predicted octanol–water partition coefficient (Wildman–Crippen LogP) is 4.08. The van der Waals surface area contributed by atoms with Gasteiger partial charge in [-0.15, -0.1) is 0 Å². The van der Waals surface area contributed by atoms with Gasteiger partial charge in [-0.1, -0.05) is 46.9 Å². The molecule has 1 aromatic heterocycles. The van der Waals surface area contributed by atoms with Gasteiger partial charge in [0.1, 0.15) is 5.69 Å². The summed E-state index contributed by atoms with van der Waals surface area (Å²) in [5.41, 5.74) is 0.369. The maximum absolute atomic E-state index is 12.2. The summed E-state index contributed by atoms with van der Waals surface area (Å²) in [6, 6.07) is 6.37. The lowest BCUT2D eigenvalue weighted by Gasteiger charge is -2.10. The number of nitrogens with one attached hydrogen (secondary N) is 1. The molecule has 2 rings (SSSR count). The Hall–Kier alpha value is -1.82. The Morgan fingerprint density at radius 2 is 1.82 bits per heavy atom. The molecule has 0 bridgehead atoms. The molecule has 0 radical (unpaired) electrons. The number of aromatic nitrogens is 1. The average molecular weight is 360 g/mol. The Labute approximate surface area is 141 Å². The first-order valence-electron chi connectivity index (χ1n) is 5.94. The number of halogens is 3. The number of pyridine rings is 1. The van der Waals surface area contributed by atoms with Gasteiger partial charge in [0.2, 0.25) is 0 Å². The number of benzene rings is 1. The number of hydrogen-bond acceptors (Lipinski definition) is 4. The zero-order chi connectivity index (χ0) is 16.3. The molecule has 2 aromatic rings. The second-order valence-electron chi connectivity index (χ2n) is 4.07. The lowest BCUT2D eigenvalue weighted by Crippen LogP contribution is -2.17. The number of rotatable bonds is 3. The van der Waals surface area contributed by atoms with Crippen molar-refractivity contribution in [3.05, 3.63) is 56.8 Å². The van der Waals surface area contributed by atoms with Crippen LogP contribution in [-0.4, -0.2) is 24.0 Å². The number of carbonyl (C=O) groups is 2. The molecular weight excluding hydrogens is 351 g/mol. The maximum Gasteiger partial charge on any atom is 0.339 e. The van der Waals surface area contributed by atoms with Crippen LogP contribution in [0.25, 0.3) is 0 Å². The summed E-state index contributed by atoms with van der Waals surface area (Å²) < 4.78 is 4.65. The van der Waals surface area contributed by atoms with Gasteiger partial charge in [0.25, 0.3) is 5.91 Å². The van der Waals surface area contributed by atoms with Gasteiger partial charge in [0, 0.05) is 6.20 Å². The van der Waals surface area contributed by atoms with E-state index < -0.39 is 11.9 Å². The molecule has 0 aliphatic heterocycles. The van der Waals surface area contributed by atoms with E-state index in [0.717, 1.165) is 0 Å². The molecule has 0 saturated carbocycles. The van der Waals surface area contributed by atoms with E-state index in [1.807, 2.05) is 0 Å². The van der Waals surface area contributed by atoms with Crippen molar-refractivity contribution in [3.63, 3.8) is 0 Å². The van der Waals surface area contributed by atoms with Gasteiger partial charge in [-0.05, 0) is 12.1 Å². The Balaban J connectivity index is 2.35. The molecule has 0 unspecified atom stereocenters. The number of carbonyl (C=O) groups excluding carboxylic acids is 2. The predicted molar refractivity (Wildman–Crippen MR) is 85.0 cm³/mol. The summed E-state index contributed by atoms with van der Waals surface area (Å²) in [6.07, 6.45) is 1.22. The van der Waals surface area contributed by atoms with Gasteiger partial charge in [0.05, 0.1) is 33.4 Å². The minimum atomic E-state index is -0.625. The third-order valence-corrected chi connectivity index (χ3v) is 3.95. The minimum absolute atomic E-state index is 0.0322. The van der Waals surface area contributed by atoms with Crippen LogP contribution in [0.4, 0.5) is 5.69 Å². The quantitative estimate of drug-likeness (QED) is 0.838. The molecule has 0 spiro atoms. The van der Waals surface area contributed by atoms with E-state index in [-0.39, 0.29) is 32.0 Å². The van der Waals surface area contributed by atoms with E-state index >= 15 is 0 Å². The normalized spacial score (nSPS) is 10.2. The summed E-state index contributed by atoms with van der Waals surface area (Å²) in [7, 11) is 1.25. The molecule has 114 valence electrons. The molecule has 22 heavy (non-hydrogen) atoms. The van der Waals surface area contributed by atoms with Crippen LogP contribution in [-0.2, 0) is 4.74 Å². The first-order chi connectivity index (χ1) is 10.5. The van der Waals surface area contributed by atoms with Crippen molar-refractivity contribution in [2.75, 3.05) is 12.4 Å². The molecule has 8 heteroatoms. The molecule has 0 fully saturated rings. The van der Waals surface area contributed by atoms with Crippen molar-refractivity contribution in [2.45, 2.75) is 0 Å². The summed E-state index contributed by atoms with van der Waals surface area (Å²) in [5, 5.41) is 2.64. The number of hydrogen-bond donors (Lipinski definition) is 1. The third kappa shape index (κ3) is 3.32. The third-order valence-electron chi connectivity index (χ3n) is 2.71. The molecule has 0 atom stereocenters. The van der Waals surface area contributed by atoms with E-state index in [1.165, 1.54) is 19.4 Å². The van der Waals surface area contributed by atoms with Crippen molar-refractivity contribution < 1.29 is 14.3 Å². The Morgan fingerprint density at radius 1 is 1.14 bits per heavy atom. The van der Waals surface area contributed by atoms with Crippen molar-refractivity contribution in [1.82, 2.24) is 4.98 Å². The fourth-order valence-electron chi connectivity index (χ4n) is 1.66. The number of anilines is 1. The molecule has 1 N–H and O–H groups in total. The SMILES string of the molecule is COC(=O)c1ccccc1NC(=O)c1ncc(Cl)c(Cl)c1Cl. The second kappa shape index (κ2) is 6.96. The first-order valence-corrected chi connectivity index (χ1v) is 7.07. The minimum Gasteiger partial charge on any atom is -0.465 e. The van der Waals surface area contributed by atoms with Gasteiger partial charge in [0.15, 0.2) is 0 Å². The largest absolute Gasteiger partial charge is 0.465 e. The van der Waals surface area contributed by atoms with Gasteiger partial charge in [-0.25, -0.2) is 9.78 Å². The van der Waals surface area contributed by atoms with Crippen LogP contribution in [0.3, 0.4) is 0 Å². The van der Waals surface area contributed by atoms with Crippen molar-refractivity contribution >= 4 is 52.4 Å². The molecule has 1 heterocycles. The number of para-hydroxylation sites is 1. The standard InChI is InChI=1S/C14H9Cl3N2O3/c1-22-14(21)7-4-2-3-5-9(7)19-13(20)12-11(17)10(16)8(15)6-18-12/h2-6H,1H3,(H,19,20). The highest BCUT2D eigenvalue weighted by Gasteiger charge is 2.19. The molecule has 1 aromatic carbocycles. The topological polar surface area (TPSA) is 68.3 Å². The van der Waals surface area contributed by atoms with Crippen molar-refractivity contribution in [2.24, 2.45) is 0 Å². The summed E-state index contributed by atoms with van der Waals surface area (Å²) in [5.74, 6) is -1.20. The zero-order valence-corrected chi connectivity index (χ0v) is 13.5. The molecule has 0 aliphatic carbocycles. The zero-order valence-electron chi connectivity index (χ0n) is 11.2. The van der Waals surface area contributed by atoms with Crippen molar-refractivity contribution in [1.29, 1.82) is 0 Å². The fraction of sp³-hybridized carbons (Fsp3) is 0.0714. The van der Waals surface area contributed by atoms with Gasteiger partial charge in [-0.2, -0.15) is 0 Å². The number of esters is 1. The van der Waals surface area contributed by atoms with Gasteiger partial charge >= 0.3 is 5.97 Å². The monoisotopic (exact) mass is 358 g/mol. The molecule has 0 saturated heterocycles. The lowest BCUT2D eigenvalue weighted by molar-refractivity contribution is 0.0602. The number of amides is 1. The van der Waals surface area contributed by atoms with Crippen LogP contribution in [0, 0.1) is 0 Å². The van der Waals surface area contributed by atoms with Crippen LogP contribution in [0.5, 0.6) is 0 Å². The van der Waals surface area contributed by atoms with Crippen LogP contribution < -0.4 is 5.32 Å². The van der Waals surface area contributed by atoms with Crippen LogP contribution in [0.15, 0.2) is 30.5 Å². The first kappa shape index (κ1) is 16.5. The summed E-state index contributed by atoms with van der Waals surface area (Å²) in [6.45, 7) is 0. The number of methoxy groups -OCH3 is 1. The van der Waals surface area contributed by atoms with E-state index in [1.54, 1.807) is 18.2 Å². The second-order valence-corrected chi connectivity index (χ2v) is 5.24. The van der Waals surface area contributed by atoms with Crippen molar-refractivity contribution in [3.8, 4) is 0 Å². The molecule has 0 aliphatic rings. The van der Waals surface area contributed by atoms with Crippen LogP contribution in [0.1, 0.15) is 20.8 Å². The highest BCUT2D eigenvalue weighted by Crippen LogP contribution is 2.31. The lowest BCUT2D eigenvalue weighted by atomic mass is 10.1. The van der Waals surface area contributed by atoms with Crippen LogP contribution >= 0.6 is 34.8 Å². The van der Waals surface area contributed by atoms with Gasteiger partial charge in [-0.3, -0.25) is 4.79 Å². The van der Waals surface area contributed by atoms with E-state index in [0.29, 0.717) is 0 Å². The van der Waals surface area contributed by atoms with Gasteiger partial charge < -0.3 is 10.1 Å². The number of nitrogens with zero attached hydrogens (tertiary/aromatic N) is 1. The Bertz CT molecular complexity index is 750. The Morgan fingerprint density at radius 3 is 2.50 bits per heavy atom. The molecule has 1 amide bonds. The fourth-order valence-corrected chi connectivity index (χ4v) is 2.23. The number of ether oxygens (including phenoxy) is 1. The highest BCUT2D eigenvalue weighted by atomic mass is 35.5. The summed E-state index contributed by atoms with van der Waals surface area (Å²) in [4.78, 5) is 27.8. The molecule has 5 nitrogen and oxygen atoms in total. The highest BCUT2D eigenvalue weighted by molar-refractivity contribution is 6.49. The van der Waals surface area contributed by atoms with E-state index in [4.69, 9.17) is 34.8 Å². The summed E-state index contributed by atoms with van der Waals surface area (Å²) >= 11 is 17.6.